The van der Waals surface area contributed by atoms with Gasteiger partial charge in [0.1, 0.15) is 5.75 Å². The van der Waals surface area contributed by atoms with Gasteiger partial charge in [-0.2, -0.15) is 5.10 Å². The molecule has 0 saturated heterocycles. The van der Waals surface area contributed by atoms with Crippen LogP contribution in [-0.4, -0.2) is 29.8 Å². The molecule has 0 spiro atoms. The standard InChI is InChI=1S/C16H11BrClIN2O4/c17-13-6-12(19)5-10(15(13)25-8-14(22)23)7-20-21-16(24)9-1-3-11(18)4-2-9/h1-7H,8H2,(H,21,24)(H,22,23)/b20-7-. The minimum atomic E-state index is -1.09. The van der Waals surface area contributed by atoms with Crippen molar-refractivity contribution in [2.24, 2.45) is 5.10 Å². The van der Waals surface area contributed by atoms with Gasteiger partial charge >= 0.3 is 5.97 Å². The Hall–Kier alpha value is -1.65. The van der Waals surface area contributed by atoms with E-state index >= 15 is 0 Å². The van der Waals surface area contributed by atoms with Crippen molar-refractivity contribution in [3.63, 3.8) is 0 Å². The predicted octanol–water partition coefficient (Wildman–Crippen LogP) is 3.93. The molecule has 6 nitrogen and oxygen atoms in total. The minimum Gasteiger partial charge on any atom is -0.480 e. The van der Waals surface area contributed by atoms with Gasteiger partial charge in [0.05, 0.1) is 10.7 Å². The molecule has 0 aliphatic carbocycles. The molecule has 0 radical (unpaired) electrons. The highest BCUT2D eigenvalue weighted by molar-refractivity contribution is 14.1. The zero-order valence-corrected chi connectivity index (χ0v) is 17.0. The van der Waals surface area contributed by atoms with E-state index in [1.54, 1.807) is 36.4 Å². The van der Waals surface area contributed by atoms with Crippen LogP contribution < -0.4 is 10.2 Å². The lowest BCUT2D eigenvalue weighted by molar-refractivity contribution is -0.139. The number of carboxylic acid groups (broad SMARTS) is 1. The summed E-state index contributed by atoms with van der Waals surface area (Å²) in [7, 11) is 0. The molecule has 0 aliphatic heterocycles. The lowest BCUT2D eigenvalue weighted by Gasteiger charge is -2.10. The van der Waals surface area contributed by atoms with Crippen LogP contribution in [0.1, 0.15) is 15.9 Å². The number of carbonyl (C=O) groups excluding carboxylic acids is 1. The molecular weight excluding hydrogens is 526 g/mol. The number of ether oxygens (including phenoxy) is 1. The quantitative estimate of drug-likeness (QED) is 0.332. The van der Waals surface area contributed by atoms with Crippen LogP contribution in [0, 0.1) is 3.57 Å². The molecule has 0 heterocycles. The van der Waals surface area contributed by atoms with Crippen molar-refractivity contribution in [2.75, 3.05) is 6.61 Å². The van der Waals surface area contributed by atoms with E-state index in [4.69, 9.17) is 21.4 Å². The molecule has 0 bridgehead atoms. The van der Waals surface area contributed by atoms with E-state index in [2.05, 4.69) is 49.0 Å². The van der Waals surface area contributed by atoms with Gasteiger partial charge in [0.15, 0.2) is 6.61 Å². The number of nitrogens with one attached hydrogen (secondary N) is 1. The average molecular weight is 538 g/mol. The Bertz CT molecular complexity index is 828. The van der Waals surface area contributed by atoms with Crippen LogP contribution in [-0.2, 0) is 4.79 Å². The highest BCUT2D eigenvalue weighted by Crippen LogP contribution is 2.30. The van der Waals surface area contributed by atoms with Crippen LogP contribution in [0.3, 0.4) is 0 Å². The monoisotopic (exact) mass is 536 g/mol. The molecule has 2 aromatic carbocycles. The van der Waals surface area contributed by atoms with Crippen LogP contribution in [0.25, 0.3) is 0 Å². The first-order chi connectivity index (χ1) is 11.9. The summed E-state index contributed by atoms with van der Waals surface area (Å²) in [4.78, 5) is 22.7. The number of benzene rings is 2. The van der Waals surface area contributed by atoms with Gasteiger partial charge in [-0.05, 0) is 74.9 Å². The molecule has 1 amide bonds. The Morgan fingerprint density at radius 3 is 2.64 bits per heavy atom. The third-order valence-corrected chi connectivity index (χ3v) is 4.32. The second-order valence-corrected chi connectivity index (χ2v) is 7.23. The number of hydrazone groups is 1. The molecule has 130 valence electrons. The molecule has 0 atom stereocenters. The van der Waals surface area contributed by atoms with Crippen LogP contribution in [0.15, 0.2) is 46.0 Å². The minimum absolute atomic E-state index is 0.326. The number of aliphatic carboxylic acids is 1. The van der Waals surface area contributed by atoms with E-state index in [0.29, 0.717) is 26.4 Å². The molecule has 2 aromatic rings. The van der Waals surface area contributed by atoms with Crippen molar-refractivity contribution in [1.29, 1.82) is 0 Å². The number of carboxylic acids is 1. The van der Waals surface area contributed by atoms with E-state index in [0.717, 1.165) is 3.57 Å². The van der Waals surface area contributed by atoms with Gasteiger partial charge in [-0.3, -0.25) is 4.79 Å². The lowest BCUT2D eigenvalue weighted by Crippen LogP contribution is -2.17. The van der Waals surface area contributed by atoms with Gasteiger partial charge in [-0.25, -0.2) is 10.2 Å². The Labute approximate surface area is 170 Å². The van der Waals surface area contributed by atoms with Crippen molar-refractivity contribution in [2.45, 2.75) is 0 Å². The van der Waals surface area contributed by atoms with Crippen LogP contribution in [0.5, 0.6) is 5.75 Å². The van der Waals surface area contributed by atoms with E-state index < -0.39 is 18.5 Å². The lowest BCUT2D eigenvalue weighted by atomic mass is 10.2. The average Bonchev–Trinajstić information content (AvgIpc) is 2.54. The third-order valence-electron chi connectivity index (χ3n) is 2.85. The molecule has 2 N–H and O–H groups in total. The maximum Gasteiger partial charge on any atom is 0.341 e. The smallest absolute Gasteiger partial charge is 0.341 e. The van der Waals surface area contributed by atoms with Crippen molar-refractivity contribution >= 4 is 68.2 Å². The Kier molecular flexibility index (Phi) is 7.21. The number of halogens is 3. The van der Waals surface area contributed by atoms with Gasteiger partial charge in [0, 0.05) is 19.7 Å². The molecule has 0 unspecified atom stereocenters. The fourth-order valence-electron chi connectivity index (χ4n) is 1.79. The molecule has 9 heteroatoms. The zero-order valence-electron chi connectivity index (χ0n) is 12.5. The van der Waals surface area contributed by atoms with Gasteiger partial charge in [-0.15, -0.1) is 0 Å². The highest BCUT2D eigenvalue weighted by atomic mass is 127. The van der Waals surface area contributed by atoms with Gasteiger partial charge in [-0.1, -0.05) is 11.6 Å². The Balaban J connectivity index is 2.15. The second kappa shape index (κ2) is 9.16. The summed E-state index contributed by atoms with van der Waals surface area (Å²) < 4.78 is 6.75. The highest BCUT2D eigenvalue weighted by Gasteiger charge is 2.11. The Morgan fingerprint density at radius 1 is 1.32 bits per heavy atom. The Morgan fingerprint density at radius 2 is 2.00 bits per heavy atom. The number of amides is 1. The van der Waals surface area contributed by atoms with Crippen molar-refractivity contribution in [3.8, 4) is 5.75 Å². The molecule has 0 aliphatic rings. The zero-order chi connectivity index (χ0) is 18.4. The largest absolute Gasteiger partial charge is 0.480 e. The normalized spacial score (nSPS) is 10.7. The first kappa shape index (κ1) is 19.7. The fraction of sp³-hybridized carbons (Fsp3) is 0.0625. The number of carbonyl (C=O) groups is 2. The molecule has 0 fully saturated rings. The maximum absolute atomic E-state index is 12.0. The molecule has 2 rings (SSSR count). The van der Waals surface area contributed by atoms with Crippen LogP contribution in [0.4, 0.5) is 0 Å². The van der Waals surface area contributed by atoms with E-state index in [1.807, 2.05) is 0 Å². The summed E-state index contributed by atoms with van der Waals surface area (Å²) in [5.74, 6) is -1.16. The predicted molar refractivity (Wildman–Crippen MR) is 107 cm³/mol. The fourth-order valence-corrected chi connectivity index (χ4v) is 3.58. The van der Waals surface area contributed by atoms with Crippen LogP contribution in [0.2, 0.25) is 5.02 Å². The molecule has 0 saturated carbocycles. The van der Waals surface area contributed by atoms with E-state index in [1.165, 1.54) is 6.21 Å². The molecular formula is C16H11BrClIN2O4. The maximum atomic E-state index is 12.0. The summed E-state index contributed by atoms with van der Waals surface area (Å²) in [6, 6.07) is 9.90. The van der Waals surface area contributed by atoms with Crippen LogP contribution >= 0.6 is 50.1 Å². The summed E-state index contributed by atoms with van der Waals surface area (Å²) >= 11 is 11.2. The SMILES string of the molecule is O=C(O)COc1c(Br)cc(I)cc1/C=N\NC(=O)c1ccc(Cl)cc1. The van der Waals surface area contributed by atoms with Gasteiger partial charge in [0.25, 0.3) is 5.91 Å². The van der Waals surface area contributed by atoms with Crippen molar-refractivity contribution in [1.82, 2.24) is 5.43 Å². The summed E-state index contributed by atoms with van der Waals surface area (Å²) in [6.07, 6.45) is 1.39. The molecule has 25 heavy (non-hydrogen) atoms. The number of rotatable bonds is 6. The summed E-state index contributed by atoms with van der Waals surface area (Å²) in [5.41, 5.74) is 3.33. The van der Waals surface area contributed by atoms with Gasteiger partial charge in [0.2, 0.25) is 0 Å². The van der Waals surface area contributed by atoms with E-state index in [-0.39, 0.29) is 0 Å². The van der Waals surface area contributed by atoms with Gasteiger partial charge < -0.3 is 9.84 Å². The summed E-state index contributed by atoms with van der Waals surface area (Å²) in [6.45, 7) is -0.489. The number of hydrogen-bond donors (Lipinski definition) is 2. The number of hydrogen-bond acceptors (Lipinski definition) is 4. The second-order valence-electron chi connectivity index (χ2n) is 4.69. The summed E-state index contributed by atoms with van der Waals surface area (Å²) in [5, 5.41) is 13.2. The number of nitrogens with zero attached hydrogens (tertiary/aromatic N) is 1. The topological polar surface area (TPSA) is 88.0 Å². The first-order valence-corrected chi connectivity index (χ1v) is 9.04. The molecule has 0 aromatic heterocycles. The van der Waals surface area contributed by atoms with Crippen molar-refractivity contribution in [3.05, 3.63) is 60.6 Å². The third kappa shape index (κ3) is 5.98. The van der Waals surface area contributed by atoms with E-state index in [9.17, 15) is 9.59 Å². The first-order valence-electron chi connectivity index (χ1n) is 6.79. The van der Waals surface area contributed by atoms with Crippen molar-refractivity contribution < 1.29 is 19.4 Å².